The molecule has 1 spiro atoms. The fraction of sp³-hybridized carbons (Fsp3) is 0.667. The molecule has 1 atom stereocenters. The van der Waals surface area contributed by atoms with E-state index in [2.05, 4.69) is 24.3 Å². The number of hydrogen-bond donors (Lipinski definition) is 1. The van der Waals surface area contributed by atoms with Crippen LogP contribution in [0.1, 0.15) is 50.1 Å². The summed E-state index contributed by atoms with van der Waals surface area (Å²) in [6, 6.07) is 5.15. The Morgan fingerprint density at radius 2 is 2.05 bits per heavy atom. The quantitative estimate of drug-likeness (QED) is 0.921. The minimum Gasteiger partial charge on any atom is -0.487 e. The van der Waals surface area contributed by atoms with Crippen molar-refractivity contribution in [3.8, 4) is 5.75 Å². The zero-order chi connectivity index (χ0) is 15.6. The average Bonchev–Trinajstić information content (AvgIpc) is 2.48. The van der Waals surface area contributed by atoms with Gasteiger partial charge in [-0.2, -0.15) is 0 Å². The highest BCUT2D eigenvalue weighted by molar-refractivity contribution is 5.39. The van der Waals surface area contributed by atoms with Crippen molar-refractivity contribution < 1.29 is 9.13 Å². The van der Waals surface area contributed by atoms with Crippen LogP contribution in [-0.4, -0.2) is 37.7 Å². The van der Waals surface area contributed by atoms with E-state index in [0.717, 1.165) is 43.7 Å². The standard InChI is InChI=1S/C18H27FN2O/c1-21(2)11-10-20-16-13-18(8-4-3-5-9-18)22-17-7-6-14(19)12-15(16)17/h6-7,12,16,20H,3-5,8-11,13H2,1-2H3. The van der Waals surface area contributed by atoms with Gasteiger partial charge in [0, 0.05) is 31.1 Å². The van der Waals surface area contributed by atoms with Gasteiger partial charge in [0.05, 0.1) is 0 Å². The smallest absolute Gasteiger partial charge is 0.125 e. The van der Waals surface area contributed by atoms with Crippen LogP contribution in [0.15, 0.2) is 18.2 Å². The van der Waals surface area contributed by atoms with Gasteiger partial charge in [-0.25, -0.2) is 4.39 Å². The van der Waals surface area contributed by atoms with Gasteiger partial charge in [0.1, 0.15) is 17.2 Å². The van der Waals surface area contributed by atoms with Crippen LogP contribution in [0.4, 0.5) is 4.39 Å². The van der Waals surface area contributed by atoms with E-state index >= 15 is 0 Å². The van der Waals surface area contributed by atoms with E-state index < -0.39 is 0 Å². The summed E-state index contributed by atoms with van der Waals surface area (Å²) in [4.78, 5) is 2.16. The van der Waals surface area contributed by atoms with Crippen molar-refractivity contribution in [1.29, 1.82) is 0 Å². The van der Waals surface area contributed by atoms with Gasteiger partial charge in [-0.05, 0) is 58.0 Å². The van der Waals surface area contributed by atoms with Crippen molar-refractivity contribution in [2.24, 2.45) is 0 Å². The maximum atomic E-state index is 13.7. The molecule has 0 radical (unpaired) electrons. The summed E-state index contributed by atoms with van der Waals surface area (Å²) in [6.45, 7) is 1.89. The number of nitrogens with zero attached hydrogens (tertiary/aromatic N) is 1. The lowest BCUT2D eigenvalue weighted by Gasteiger charge is -2.45. The van der Waals surface area contributed by atoms with Crippen molar-refractivity contribution in [2.45, 2.75) is 50.2 Å². The number of rotatable bonds is 4. The van der Waals surface area contributed by atoms with Crippen LogP contribution < -0.4 is 10.1 Å². The third-order valence-electron chi connectivity index (χ3n) is 4.96. The SMILES string of the molecule is CN(C)CCNC1CC2(CCCCC2)Oc2ccc(F)cc21. The molecule has 22 heavy (non-hydrogen) atoms. The van der Waals surface area contributed by atoms with Gasteiger partial charge in [0.2, 0.25) is 0 Å². The largest absolute Gasteiger partial charge is 0.487 e. The molecule has 4 heteroatoms. The Morgan fingerprint density at radius 3 is 2.77 bits per heavy atom. The molecule has 0 amide bonds. The van der Waals surface area contributed by atoms with E-state index in [0.29, 0.717) is 0 Å². The molecule has 122 valence electrons. The Hall–Kier alpha value is -1.13. The van der Waals surface area contributed by atoms with Gasteiger partial charge in [0.25, 0.3) is 0 Å². The highest BCUT2D eigenvalue weighted by Crippen LogP contribution is 2.46. The summed E-state index contributed by atoms with van der Waals surface area (Å²) in [6.07, 6.45) is 6.98. The van der Waals surface area contributed by atoms with Crippen molar-refractivity contribution in [2.75, 3.05) is 27.2 Å². The Kier molecular flexibility index (Phi) is 4.69. The van der Waals surface area contributed by atoms with Crippen LogP contribution in [0.2, 0.25) is 0 Å². The number of halogens is 1. The monoisotopic (exact) mass is 306 g/mol. The normalized spacial score (nSPS) is 23.4. The number of ether oxygens (including phenoxy) is 1. The Balaban J connectivity index is 1.81. The third-order valence-corrected chi connectivity index (χ3v) is 4.96. The van der Waals surface area contributed by atoms with Crippen LogP contribution >= 0.6 is 0 Å². The Bertz CT molecular complexity index is 512. The van der Waals surface area contributed by atoms with Crippen molar-refractivity contribution >= 4 is 0 Å². The highest BCUT2D eigenvalue weighted by atomic mass is 19.1. The molecule has 2 aliphatic rings. The number of likely N-dealkylation sites (N-methyl/N-ethyl adjacent to an activating group) is 1. The Labute approximate surface area is 132 Å². The van der Waals surface area contributed by atoms with Gasteiger partial charge in [-0.3, -0.25) is 0 Å². The fourth-order valence-electron chi connectivity index (χ4n) is 3.79. The van der Waals surface area contributed by atoms with Gasteiger partial charge < -0.3 is 15.0 Å². The van der Waals surface area contributed by atoms with E-state index in [1.54, 1.807) is 12.1 Å². The fourth-order valence-corrected chi connectivity index (χ4v) is 3.79. The van der Waals surface area contributed by atoms with E-state index in [1.165, 1.54) is 25.3 Å². The van der Waals surface area contributed by atoms with E-state index in [-0.39, 0.29) is 17.5 Å². The molecule has 1 fully saturated rings. The van der Waals surface area contributed by atoms with Gasteiger partial charge in [0.15, 0.2) is 0 Å². The van der Waals surface area contributed by atoms with Gasteiger partial charge in [-0.1, -0.05) is 6.42 Å². The molecule has 1 aromatic carbocycles. The molecule has 0 bridgehead atoms. The highest BCUT2D eigenvalue weighted by Gasteiger charge is 2.41. The maximum Gasteiger partial charge on any atom is 0.125 e. The lowest BCUT2D eigenvalue weighted by Crippen LogP contribution is -2.46. The molecule has 1 unspecified atom stereocenters. The first-order chi connectivity index (χ1) is 10.6. The summed E-state index contributed by atoms with van der Waals surface area (Å²) in [5.41, 5.74) is 0.939. The van der Waals surface area contributed by atoms with E-state index in [4.69, 9.17) is 4.74 Å². The second-order valence-corrected chi connectivity index (χ2v) is 7.04. The van der Waals surface area contributed by atoms with Crippen LogP contribution in [0.25, 0.3) is 0 Å². The molecule has 1 N–H and O–H groups in total. The minimum absolute atomic E-state index is 0.0428. The second kappa shape index (κ2) is 6.55. The summed E-state index contributed by atoms with van der Waals surface area (Å²) in [7, 11) is 4.14. The predicted octanol–water partition coefficient (Wildman–Crippen LogP) is 3.50. The molecule has 1 aromatic rings. The molecule has 3 rings (SSSR count). The Morgan fingerprint density at radius 1 is 1.27 bits per heavy atom. The molecule has 0 saturated heterocycles. The van der Waals surface area contributed by atoms with Crippen LogP contribution in [0, 0.1) is 5.82 Å². The number of fused-ring (bicyclic) bond motifs is 1. The van der Waals surface area contributed by atoms with Crippen LogP contribution in [0.5, 0.6) is 5.75 Å². The first-order valence-corrected chi connectivity index (χ1v) is 8.45. The second-order valence-electron chi connectivity index (χ2n) is 7.04. The topological polar surface area (TPSA) is 24.5 Å². The summed E-state index contributed by atoms with van der Waals surface area (Å²) in [5.74, 6) is 0.693. The summed E-state index contributed by atoms with van der Waals surface area (Å²) >= 11 is 0. The molecule has 1 aliphatic heterocycles. The van der Waals surface area contributed by atoms with Crippen LogP contribution in [0.3, 0.4) is 0 Å². The summed E-state index contributed by atoms with van der Waals surface area (Å²) in [5, 5.41) is 3.62. The van der Waals surface area contributed by atoms with Gasteiger partial charge >= 0.3 is 0 Å². The zero-order valence-corrected chi connectivity index (χ0v) is 13.7. The minimum atomic E-state index is -0.179. The molecular formula is C18H27FN2O. The lowest BCUT2D eigenvalue weighted by atomic mass is 9.77. The van der Waals surface area contributed by atoms with E-state index in [9.17, 15) is 4.39 Å². The molecule has 3 nitrogen and oxygen atoms in total. The van der Waals surface area contributed by atoms with E-state index in [1.807, 2.05) is 0 Å². The van der Waals surface area contributed by atoms with Crippen molar-refractivity contribution in [1.82, 2.24) is 10.2 Å². The molecule has 1 heterocycles. The molecule has 1 saturated carbocycles. The first kappa shape index (κ1) is 15.8. The number of hydrogen-bond acceptors (Lipinski definition) is 3. The average molecular weight is 306 g/mol. The number of benzene rings is 1. The first-order valence-electron chi connectivity index (χ1n) is 8.45. The molecular weight excluding hydrogens is 279 g/mol. The van der Waals surface area contributed by atoms with Crippen molar-refractivity contribution in [3.63, 3.8) is 0 Å². The third kappa shape index (κ3) is 3.44. The summed E-state index contributed by atoms with van der Waals surface area (Å²) < 4.78 is 20.0. The molecule has 0 aromatic heterocycles. The van der Waals surface area contributed by atoms with Gasteiger partial charge in [-0.15, -0.1) is 0 Å². The van der Waals surface area contributed by atoms with Crippen LogP contribution in [-0.2, 0) is 0 Å². The zero-order valence-electron chi connectivity index (χ0n) is 13.7. The lowest BCUT2D eigenvalue weighted by molar-refractivity contribution is -0.00292. The van der Waals surface area contributed by atoms with Crippen molar-refractivity contribution in [3.05, 3.63) is 29.6 Å². The predicted molar refractivity (Wildman–Crippen MR) is 86.8 cm³/mol. The maximum absolute atomic E-state index is 13.7. The number of nitrogens with one attached hydrogen (secondary N) is 1. The molecule has 1 aliphatic carbocycles.